The number of carbonyl (C=O) groups is 3. The predicted molar refractivity (Wildman–Crippen MR) is 184 cm³/mol. The van der Waals surface area contributed by atoms with Crippen molar-refractivity contribution in [3.05, 3.63) is 65.5 Å². The van der Waals surface area contributed by atoms with Crippen molar-refractivity contribution in [3.63, 3.8) is 0 Å². The van der Waals surface area contributed by atoms with Crippen molar-refractivity contribution in [3.8, 4) is 5.75 Å². The minimum absolute atomic E-state index is 0.201. The second-order valence-electron chi connectivity index (χ2n) is 12.5. The van der Waals surface area contributed by atoms with E-state index in [1.165, 1.54) is 0 Å². The summed E-state index contributed by atoms with van der Waals surface area (Å²) in [6.07, 6.45) is 1.77. The number of likely N-dealkylation sites (N-methyl/N-ethyl adjacent to an activating group) is 1. The summed E-state index contributed by atoms with van der Waals surface area (Å²) in [4.78, 5) is 43.5. The molecule has 0 aliphatic carbocycles. The minimum atomic E-state index is -0.544. The lowest BCUT2D eigenvalue weighted by atomic mass is 10.0. The molecule has 4 rings (SSSR count). The smallest absolute Gasteiger partial charge is 0.323 e. The molecule has 2 aromatic carbocycles. The average Bonchev–Trinajstić information content (AvgIpc) is 3.38. The van der Waals surface area contributed by atoms with Crippen molar-refractivity contribution in [1.29, 1.82) is 0 Å². The zero-order chi connectivity index (χ0) is 34.8. The Morgan fingerprint density at radius 1 is 1.06 bits per heavy atom. The number of rotatable bonds is 7. The Morgan fingerprint density at radius 3 is 2.50 bits per heavy atom. The van der Waals surface area contributed by atoms with Crippen molar-refractivity contribution in [2.24, 2.45) is 5.92 Å². The van der Waals surface area contributed by atoms with Gasteiger partial charge in [0.15, 0.2) is 5.76 Å². The monoisotopic (exact) mass is 664 g/mol. The number of amides is 5. The third-order valence-corrected chi connectivity index (χ3v) is 8.41. The van der Waals surface area contributed by atoms with Crippen LogP contribution in [-0.2, 0) is 4.74 Å². The molecule has 13 nitrogen and oxygen atoms in total. The fourth-order valence-electron chi connectivity index (χ4n) is 5.49. The molecule has 0 unspecified atom stereocenters. The maximum Gasteiger partial charge on any atom is 0.323 e. The number of carbonyl (C=O) groups excluding carboxylic acids is 3. The first-order valence-corrected chi connectivity index (χ1v) is 16.4. The second kappa shape index (κ2) is 17.0. The van der Waals surface area contributed by atoms with Crippen molar-refractivity contribution in [2.75, 3.05) is 49.3 Å². The zero-order valence-corrected chi connectivity index (χ0v) is 28.6. The standard InChI is InChI=1S/C35H48N6O7/c1-22-19-41(23(2)21-42)33(43)29-18-28(36-34(44)38-32-25(4)39-48-26(32)5)15-16-30(29)47-24(3)12-10-11-17-46-31(22)20-40(6)35(45)37-27-13-8-7-9-14-27/h7-9,13-16,18,22-24,31,42H,10-12,17,19-21H2,1-6H3,(H,37,45)(H2,36,38,44)/t22-,23-,24-,31+/m0/s1. The normalized spacial score (nSPS) is 19.7. The number of hydrogen-bond acceptors (Lipinski definition) is 8. The fraction of sp³-hybridized carbons (Fsp3) is 0.486. The Labute approximate surface area is 281 Å². The van der Waals surface area contributed by atoms with Crippen LogP contribution < -0.4 is 20.7 Å². The molecule has 5 amide bonds. The van der Waals surface area contributed by atoms with Gasteiger partial charge in [0.1, 0.15) is 17.1 Å². The van der Waals surface area contributed by atoms with Crippen LogP contribution in [0.2, 0.25) is 0 Å². The summed E-state index contributed by atoms with van der Waals surface area (Å²) in [5, 5.41) is 22.5. The zero-order valence-electron chi connectivity index (χ0n) is 28.6. The summed E-state index contributed by atoms with van der Waals surface area (Å²) >= 11 is 0. The Balaban J connectivity index is 1.59. The average molecular weight is 665 g/mol. The van der Waals surface area contributed by atoms with Gasteiger partial charge in [0.05, 0.1) is 30.4 Å². The third-order valence-electron chi connectivity index (χ3n) is 8.41. The molecule has 1 aromatic heterocycles. The van der Waals surface area contributed by atoms with Crippen molar-refractivity contribution in [2.45, 2.75) is 72.1 Å². The molecule has 0 spiro atoms. The largest absolute Gasteiger partial charge is 0.490 e. The van der Waals surface area contributed by atoms with Gasteiger partial charge < -0.3 is 44.9 Å². The van der Waals surface area contributed by atoms with E-state index in [4.69, 9.17) is 14.0 Å². The van der Waals surface area contributed by atoms with Gasteiger partial charge in [-0.1, -0.05) is 30.3 Å². The first-order valence-electron chi connectivity index (χ1n) is 16.4. The molecule has 13 heteroatoms. The van der Waals surface area contributed by atoms with Crippen LogP contribution in [0.5, 0.6) is 5.75 Å². The van der Waals surface area contributed by atoms with Crippen LogP contribution in [0.1, 0.15) is 61.8 Å². The van der Waals surface area contributed by atoms with E-state index in [-0.39, 0.29) is 42.7 Å². The van der Waals surface area contributed by atoms with Gasteiger partial charge in [-0.15, -0.1) is 0 Å². The summed E-state index contributed by atoms with van der Waals surface area (Å²) in [5.41, 5.74) is 2.32. The molecule has 1 aliphatic rings. The SMILES string of the molecule is Cc1noc(C)c1NC(=O)Nc1ccc2c(c1)C(=O)N([C@@H](C)CO)C[C@H](C)[C@@H](CN(C)C(=O)Nc1ccccc1)OCCCC[C@H](C)O2. The van der Waals surface area contributed by atoms with Gasteiger partial charge >= 0.3 is 12.1 Å². The Kier molecular flexibility index (Phi) is 12.8. The summed E-state index contributed by atoms with van der Waals surface area (Å²) in [6, 6.07) is 12.8. The van der Waals surface area contributed by atoms with Crippen LogP contribution >= 0.6 is 0 Å². The molecule has 0 saturated carbocycles. The van der Waals surface area contributed by atoms with Gasteiger partial charge in [-0.2, -0.15) is 0 Å². The van der Waals surface area contributed by atoms with Gasteiger partial charge in [0.2, 0.25) is 0 Å². The van der Waals surface area contributed by atoms with E-state index in [1.54, 1.807) is 55.8 Å². The lowest BCUT2D eigenvalue weighted by molar-refractivity contribution is -0.0115. The molecule has 48 heavy (non-hydrogen) atoms. The van der Waals surface area contributed by atoms with Gasteiger partial charge in [0.25, 0.3) is 5.91 Å². The molecule has 0 saturated heterocycles. The van der Waals surface area contributed by atoms with Crippen LogP contribution in [-0.4, -0.2) is 89.6 Å². The Morgan fingerprint density at radius 2 is 1.81 bits per heavy atom. The summed E-state index contributed by atoms with van der Waals surface area (Å²) in [5.74, 6) is 0.265. The van der Waals surface area contributed by atoms with E-state index in [0.717, 1.165) is 19.3 Å². The summed E-state index contributed by atoms with van der Waals surface area (Å²) < 4.78 is 17.8. The van der Waals surface area contributed by atoms with Crippen LogP contribution in [0, 0.1) is 19.8 Å². The second-order valence-corrected chi connectivity index (χ2v) is 12.5. The molecule has 0 radical (unpaired) electrons. The highest BCUT2D eigenvalue weighted by molar-refractivity contribution is 6.03. The number of aliphatic hydroxyl groups is 1. The van der Waals surface area contributed by atoms with E-state index in [1.807, 2.05) is 44.2 Å². The number of fused-ring (bicyclic) bond motifs is 1. The van der Waals surface area contributed by atoms with Crippen LogP contribution in [0.4, 0.5) is 26.7 Å². The van der Waals surface area contributed by atoms with Crippen LogP contribution in [0.15, 0.2) is 53.1 Å². The number of para-hydroxylation sites is 1. The van der Waals surface area contributed by atoms with E-state index in [2.05, 4.69) is 21.1 Å². The maximum atomic E-state index is 14.4. The molecule has 2 heterocycles. The lowest BCUT2D eigenvalue weighted by Gasteiger charge is -2.35. The highest BCUT2D eigenvalue weighted by atomic mass is 16.5. The number of nitrogens with one attached hydrogen (secondary N) is 3. The van der Waals surface area contributed by atoms with E-state index in [0.29, 0.717) is 47.4 Å². The fourth-order valence-corrected chi connectivity index (χ4v) is 5.49. The number of nitrogens with zero attached hydrogens (tertiary/aromatic N) is 3. The van der Waals surface area contributed by atoms with Gasteiger partial charge in [-0.25, -0.2) is 9.59 Å². The molecule has 0 bridgehead atoms. The molecular formula is C35H48N6O7. The van der Waals surface area contributed by atoms with Gasteiger partial charge in [-0.05, 0) is 77.3 Å². The molecule has 4 N–H and O–H groups in total. The molecular weight excluding hydrogens is 616 g/mol. The number of anilines is 3. The van der Waals surface area contributed by atoms with Crippen molar-refractivity contribution in [1.82, 2.24) is 15.0 Å². The topological polar surface area (TPSA) is 158 Å². The number of aliphatic hydroxyl groups excluding tert-OH is 1. The van der Waals surface area contributed by atoms with Gasteiger partial charge in [-0.3, -0.25) is 4.79 Å². The number of aromatic nitrogens is 1. The van der Waals surface area contributed by atoms with E-state index in [9.17, 15) is 19.5 Å². The first kappa shape index (κ1) is 36.2. The number of hydrogen-bond donors (Lipinski definition) is 4. The number of ether oxygens (including phenoxy) is 2. The molecule has 0 fully saturated rings. The molecule has 4 atom stereocenters. The molecule has 260 valence electrons. The van der Waals surface area contributed by atoms with Crippen molar-refractivity contribution < 1.29 is 33.5 Å². The van der Waals surface area contributed by atoms with Gasteiger partial charge in [0, 0.05) is 44.0 Å². The quantitative estimate of drug-likeness (QED) is 0.243. The van der Waals surface area contributed by atoms with E-state index >= 15 is 0 Å². The Hall–Kier alpha value is -4.62. The summed E-state index contributed by atoms with van der Waals surface area (Å²) in [7, 11) is 1.71. The van der Waals surface area contributed by atoms with Crippen molar-refractivity contribution >= 4 is 35.0 Å². The number of benzene rings is 2. The highest BCUT2D eigenvalue weighted by Crippen LogP contribution is 2.29. The molecule has 1 aliphatic heterocycles. The highest BCUT2D eigenvalue weighted by Gasteiger charge is 2.31. The number of urea groups is 2. The first-order chi connectivity index (χ1) is 23.0. The third kappa shape index (κ3) is 9.71. The predicted octanol–water partition coefficient (Wildman–Crippen LogP) is 5.89. The Bertz CT molecular complexity index is 1510. The summed E-state index contributed by atoms with van der Waals surface area (Å²) in [6.45, 7) is 9.85. The van der Waals surface area contributed by atoms with Crippen LogP contribution in [0.25, 0.3) is 0 Å². The number of aryl methyl sites for hydroxylation is 2. The van der Waals surface area contributed by atoms with E-state index < -0.39 is 18.2 Å². The van der Waals surface area contributed by atoms with Crippen LogP contribution in [0.3, 0.4) is 0 Å². The molecule has 3 aromatic rings. The lowest BCUT2D eigenvalue weighted by Crippen LogP contribution is -2.48. The maximum absolute atomic E-state index is 14.4. The minimum Gasteiger partial charge on any atom is -0.490 e.